The highest BCUT2D eigenvalue weighted by atomic mass is 16.5. The Hall–Kier alpha value is -2.82. The summed E-state index contributed by atoms with van der Waals surface area (Å²) < 4.78 is 5.12. The Morgan fingerprint density at radius 1 is 0.769 bits per heavy atom. The van der Waals surface area contributed by atoms with Crippen molar-refractivity contribution in [3.63, 3.8) is 0 Å². The van der Waals surface area contributed by atoms with Gasteiger partial charge in [0.25, 0.3) is 0 Å². The molecule has 0 saturated heterocycles. The highest BCUT2D eigenvalue weighted by molar-refractivity contribution is 5.75. The van der Waals surface area contributed by atoms with E-state index in [-0.39, 0.29) is 12.5 Å². The standard InChI is InChI=1S/C21H26N2O3/c24-20(22-16-14-18-9-3-1-4-10-18)13-7-8-15-23-21(25)26-17-19-11-5-2-6-12-19/h1-6,9-12H,7-8,13-17H2,(H,22,24)(H,23,25). The van der Waals surface area contributed by atoms with E-state index in [1.165, 1.54) is 5.56 Å². The topological polar surface area (TPSA) is 67.4 Å². The third kappa shape index (κ3) is 8.33. The van der Waals surface area contributed by atoms with E-state index in [9.17, 15) is 9.59 Å². The van der Waals surface area contributed by atoms with E-state index >= 15 is 0 Å². The second-order valence-corrected chi connectivity index (χ2v) is 6.03. The van der Waals surface area contributed by atoms with Crippen LogP contribution in [0.2, 0.25) is 0 Å². The minimum atomic E-state index is -0.429. The average Bonchev–Trinajstić information content (AvgIpc) is 2.68. The molecule has 2 N–H and O–H groups in total. The number of alkyl carbamates (subject to hydrolysis) is 1. The fraction of sp³-hybridized carbons (Fsp3) is 0.333. The van der Waals surface area contributed by atoms with E-state index in [0.29, 0.717) is 19.5 Å². The number of unbranched alkanes of at least 4 members (excludes halogenated alkanes) is 1. The van der Waals surface area contributed by atoms with Crippen LogP contribution in [0.3, 0.4) is 0 Å². The summed E-state index contributed by atoms with van der Waals surface area (Å²) in [5, 5.41) is 5.62. The maximum Gasteiger partial charge on any atom is 0.407 e. The zero-order chi connectivity index (χ0) is 18.5. The van der Waals surface area contributed by atoms with Crippen LogP contribution in [-0.2, 0) is 22.6 Å². The normalized spacial score (nSPS) is 10.2. The van der Waals surface area contributed by atoms with Gasteiger partial charge in [0.05, 0.1) is 0 Å². The van der Waals surface area contributed by atoms with E-state index < -0.39 is 6.09 Å². The van der Waals surface area contributed by atoms with Crippen LogP contribution in [-0.4, -0.2) is 25.1 Å². The third-order valence-electron chi connectivity index (χ3n) is 3.89. The summed E-state index contributed by atoms with van der Waals surface area (Å²) in [4.78, 5) is 23.3. The first-order chi connectivity index (χ1) is 12.7. The van der Waals surface area contributed by atoms with Gasteiger partial charge in [-0.25, -0.2) is 4.79 Å². The average molecular weight is 354 g/mol. The van der Waals surface area contributed by atoms with Crippen LogP contribution in [0.4, 0.5) is 4.79 Å². The zero-order valence-corrected chi connectivity index (χ0v) is 14.9. The number of rotatable bonds is 10. The molecule has 2 aromatic rings. The molecular weight excluding hydrogens is 328 g/mol. The van der Waals surface area contributed by atoms with Crippen molar-refractivity contribution in [1.29, 1.82) is 0 Å². The number of carbonyl (C=O) groups is 2. The molecule has 5 nitrogen and oxygen atoms in total. The molecule has 26 heavy (non-hydrogen) atoms. The number of ether oxygens (including phenoxy) is 1. The lowest BCUT2D eigenvalue weighted by Crippen LogP contribution is -2.27. The zero-order valence-electron chi connectivity index (χ0n) is 14.9. The molecular formula is C21H26N2O3. The summed E-state index contributed by atoms with van der Waals surface area (Å²) in [6, 6.07) is 19.6. The summed E-state index contributed by atoms with van der Waals surface area (Å²) in [7, 11) is 0. The van der Waals surface area contributed by atoms with Gasteiger partial charge in [-0.05, 0) is 30.4 Å². The molecule has 0 aliphatic rings. The SMILES string of the molecule is O=C(CCCCNC(=O)OCc1ccccc1)NCCc1ccccc1. The van der Waals surface area contributed by atoms with Crippen LogP contribution in [0, 0.1) is 0 Å². The molecule has 0 spiro atoms. The first kappa shape index (κ1) is 19.5. The van der Waals surface area contributed by atoms with E-state index in [0.717, 1.165) is 24.8 Å². The Kier molecular flexibility index (Phi) is 8.77. The van der Waals surface area contributed by atoms with Gasteiger partial charge in [0.2, 0.25) is 5.91 Å². The minimum Gasteiger partial charge on any atom is -0.445 e. The Labute approximate surface area is 154 Å². The Bertz CT molecular complexity index is 659. The predicted molar refractivity (Wildman–Crippen MR) is 102 cm³/mol. The number of carbonyl (C=O) groups excluding carboxylic acids is 2. The van der Waals surface area contributed by atoms with Crippen LogP contribution in [0.1, 0.15) is 30.4 Å². The number of nitrogens with one attached hydrogen (secondary N) is 2. The van der Waals surface area contributed by atoms with Crippen LogP contribution in [0.15, 0.2) is 60.7 Å². The quantitative estimate of drug-likeness (QED) is 0.642. The molecule has 0 unspecified atom stereocenters. The molecule has 0 bridgehead atoms. The maximum atomic E-state index is 11.8. The van der Waals surface area contributed by atoms with Gasteiger partial charge >= 0.3 is 6.09 Å². The predicted octanol–water partition coefficient (Wildman–Crippen LogP) is 3.44. The molecule has 2 rings (SSSR count). The molecule has 138 valence electrons. The van der Waals surface area contributed by atoms with Crippen LogP contribution in [0.25, 0.3) is 0 Å². The van der Waals surface area contributed by atoms with Crippen molar-refractivity contribution in [3.05, 3.63) is 71.8 Å². The molecule has 0 atom stereocenters. The fourth-order valence-electron chi connectivity index (χ4n) is 2.45. The van der Waals surface area contributed by atoms with Gasteiger partial charge in [-0.2, -0.15) is 0 Å². The maximum absolute atomic E-state index is 11.8. The van der Waals surface area contributed by atoms with Crippen molar-refractivity contribution in [3.8, 4) is 0 Å². The van der Waals surface area contributed by atoms with Gasteiger partial charge in [0, 0.05) is 19.5 Å². The third-order valence-corrected chi connectivity index (χ3v) is 3.89. The highest BCUT2D eigenvalue weighted by Gasteiger charge is 2.03. The smallest absolute Gasteiger partial charge is 0.407 e. The molecule has 0 aliphatic heterocycles. The van der Waals surface area contributed by atoms with Crippen molar-refractivity contribution in [2.75, 3.05) is 13.1 Å². The van der Waals surface area contributed by atoms with Crippen LogP contribution >= 0.6 is 0 Å². The summed E-state index contributed by atoms with van der Waals surface area (Å²) in [6.07, 6.45) is 2.35. The summed E-state index contributed by atoms with van der Waals surface area (Å²) in [6.45, 7) is 1.41. The van der Waals surface area contributed by atoms with E-state index in [1.807, 2.05) is 48.5 Å². The number of hydrogen-bond acceptors (Lipinski definition) is 3. The lowest BCUT2D eigenvalue weighted by atomic mass is 10.1. The molecule has 0 aromatic heterocycles. The summed E-state index contributed by atoms with van der Waals surface area (Å²) in [5.41, 5.74) is 2.17. The summed E-state index contributed by atoms with van der Waals surface area (Å²) in [5.74, 6) is 0.0487. The first-order valence-electron chi connectivity index (χ1n) is 8.99. The van der Waals surface area contributed by atoms with Crippen LogP contribution < -0.4 is 10.6 Å². The highest BCUT2D eigenvalue weighted by Crippen LogP contribution is 2.01. The lowest BCUT2D eigenvalue weighted by molar-refractivity contribution is -0.121. The minimum absolute atomic E-state index is 0.0487. The Morgan fingerprint density at radius 3 is 2.12 bits per heavy atom. The number of amides is 2. The Balaban J connectivity index is 1.45. The molecule has 0 aliphatic carbocycles. The molecule has 0 saturated carbocycles. The second kappa shape index (κ2) is 11.7. The fourth-order valence-corrected chi connectivity index (χ4v) is 2.45. The van der Waals surface area contributed by atoms with Gasteiger partial charge in [0.1, 0.15) is 6.61 Å². The van der Waals surface area contributed by atoms with E-state index in [1.54, 1.807) is 0 Å². The lowest BCUT2D eigenvalue weighted by Gasteiger charge is -2.07. The van der Waals surface area contributed by atoms with E-state index in [4.69, 9.17) is 4.74 Å². The van der Waals surface area contributed by atoms with Gasteiger partial charge in [-0.1, -0.05) is 60.7 Å². The van der Waals surface area contributed by atoms with Crippen molar-refractivity contribution < 1.29 is 14.3 Å². The van der Waals surface area contributed by atoms with Crippen molar-refractivity contribution in [2.24, 2.45) is 0 Å². The largest absolute Gasteiger partial charge is 0.445 e. The van der Waals surface area contributed by atoms with Gasteiger partial charge in [-0.15, -0.1) is 0 Å². The molecule has 5 heteroatoms. The number of hydrogen-bond donors (Lipinski definition) is 2. The second-order valence-electron chi connectivity index (χ2n) is 6.03. The Morgan fingerprint density at radius 2 is 1.42 bits per heavy atom. The van der Waals surface area contributed by atoms with Crippen molar-refractivity contribution in [1.82, 2.24) is 10.6 Å². The van der Waals surface area contributed by atoms with Crippen LogP contribution in [0.5, 0.6) is 0 Å². The van der Waals surface area contributed by atoms with Crippen molar-refractivity contribution >= 4 is 12.0 Å². The molecule has 0 radical (unpaired) electrons. The number of benzene rings is 2. The van der Waals surface area contributed by atoms with E-state index in [2.05, 4.69) is 22.8 Å². The van der Waals surface area contributed by atoms with Gasteiger partial charge in [-0.3, -0.25) is 4.79 Å². The van der Waals surface area contributed by atoms with Gasteiger partial charge in [0.15, 0.2) is 0 Å². The molecule has 2 amide bonds. The molecule has 2 aromatic carbocycles. The monoisotopic (exact) mass is 354 g/mol. The van der Waals surface area contributed by atoms with Crippen molar-refractivity contribution in [2.45, 2.75) is 32.3 Å². The summed E-state index contributed by atoms with van der Waals surface area (Å²) >= 11 is 0. The van der Waals surface area contributed by atoms with Gasteiger partial charge < -0.3 is 15.4 Å². The first-order valence-corrected chi connectivity index (χ1v) is 8.99. The molecule has 0 fully saturated rings. The molecule has 0 heterocycles.